The normalized spacial score (nSPS) is 12.3. The first-order chi connectivity index (χ1) is 8.40. The topological polar surface area (TPSA) is 46.3 Å². The minimum atomic E-state index is 0.140. The second-order valence-corrected chi connectivity index (χ2v) is 5.19. The third-order valence-corrected chi connectivity index (χ3v) is 3.19. The summed E-state index contributed by atoms with van der Waals surface area (Å²) in [5.41, 5.74) is 9.19. The summed E-state index contributed by atoms with van der Waals surface area (Å²) in [4.78, 5) is 13.8. The molecule has 100 valence electrons. The van der Waals surface area contributed by atoms with Crippen molar-refractivity contribution in [2.24, 2.45) is 5.73 Å². The van der Waals surface area contributed by atoms with Crippen molar-refractivity contribution in [2.75, 3.05) is 13.6 Å². The molecule has 0 aromatic heterocycles. The highest BCUT2D eigenvalue weighted by Gasteiger charge is 2.11. The van der Waals surface area contributed by atoms with E-state index in [0.717, 1.165) is 18.5 Å². The van der Waals surface area contributed by atoms with Crippen molar-refractivity contribution in [2.45, 2.75) is 39.7 Å². The number of nitrogens with two attached hydrogens (primary N) is 1. The van der Waals surface area contributed by atoms with Gasteiger partial charge in [-0.05, 0) is 38.3 Å². The molecular formula is C15H24N2O. The van der Waals surface area contributed by atoms with Gasteiger partial charge in [0.05, 0.1) is 6.42 Å². The number of carbonyl (C=O) groups excluding carboxylic acids is 1. The lowest BCUT2D eigenvalue weighted by atomic mass is 10.0. The van der Waals surface area contributed by atoms with Gasteiger partial charge in [-0.15, -0.1) is 0 Å². The number of benzene rings is 1. The third-order valence-electron chi connectivity index (χ3n) is 3.19. The minimum Gasteiger partial charge on any atom is -0.345 e. The first-order valence-electron chi connectivity index (χ1n) is 6.46. The average Bonchev–Trinajstić information content (AvgIpc) is 2.30. The highest BCUT2D eigenvalue weighted by molar-refractivity contribution is 5.78. The molecule has 0 radical (unpaired) electrons. The number of likely N-dealkylation sites (N-methyl/N-ethyl adjacent to an activating group) is 1. The predicted molar refractivity (Wildman–Crippen MR) is 75.5 cm³/mol. The van der Waals surface area contributed by atoms with Crippen LogP contribution in [0.15, 0.2) is 18.2 Å². The van der Waals surface area contributed by atoms with Crippen LogP contribution < -0.4 is 5.73 Å². The van der Waals surface area contributed by atoms with Gasteiger partial charge in [-0.25, -0.2) is 0 Å². The fourth-order valence-electron chi connectivity index (χ4n) is 1.81. The molecular weight excluding hydrogens is 224 g/mol. The molecule has 0 fully saturated rings. The van der Waals surface area contributed by atoms with E-state index in [9.17, 15) is 4.79 Å². The van der Waals surface area contributed by atoms with E-state index in [1.54, 1.807) is 4.90 Å². The Balaban J connectivity index is 2.61. The lowest BCUT2D eigenvalue weighted by molar-refractivity contribution is -0.129. The quantitative estimate of drug-likeness (QED) is 0.866. The summed E-state index contributed by atoms with van der Waals surface area (Å²) in [7, 11) is 1.84. The van der Waals surface area contributed by atoms with Crippen LogP contribution in [0, 0.1) is 13.8 Å². The summed E-state index contributed by atoms with van der Waals surface area (Å²) >= 11 is 0. The second-order valence-electron chi connectivity index (χ2n) is 5.19. The molecule has 3 nitrogen and oxygen atoms in total. The van der Waals surface area contributed by atoms with Crippen molar-refractivity contribution in [3.05, 3.63) is 34.9 Å². The molecule has 1 rings (SSSR count). The van der Waals surface area contributed by atoms with Crippen LogP contribution in [0.2, 0.25) is 0 Å². The lowest BCUT2D eigenvalue weighted by Crippen LogP contribution is -2.32. The van der Waals surface area contributed by atoms with Gasteiger partial charge >= 0.3 is 0 Å². The van der Waals surface area contributed by atoms with Crippen LogP contribution in [-0.4, -0.2) is 30.4 Å². The molecule has 0 heterocycles. The largest absolute Gasteiger partial charge is 0.345 e. The van der Waals surface area contributed by atoms with Gasteiger partial charge in [0.1, 0.15) is 0 Å². The van der Waals surface area contributed by atoms with Gasteiger partial charge in [0.25, 0.3) is 0 Å². The van der Waals surface area contributed by atoms with Crippen LogP contribution >= 0.6 is 0 Å². The zero-order valence-corrected chi connectivity index (χ0v) is 11.9. The molecule has 1 atom stereocenters. The Hall–Kier alpha value is -1.35. The van der Waals surface area contributed by atoms with Crippen LogP contribution in [0.25, 0.3) is 0 Å². The number of carbonyl (C=O) groups is 1. The Labute approximate surface area is 110 Å². The Bertz CT molecular complexity index is 413. The standard InChI is InChI=1S/C15H24N2O/c1-11-5-6-12(2)14(9-11)10-15(18)17(4)8-7-13(3)16/h5-6,9,13H,7-8,10,16H2,1-4H3. The monoisotopic (exact) mass is 248 g/mol. The van der Waals surface area contributed by atoms with Crippen LogP contribution in [0.1, 0.15) is 30.0 Å². The number of nitrogens with zero attached hydrogens (tertiary/aromatic N) is 1. The minimum absolute atomic E-state index is 0.140. The smallest absolute Gasteiger partial charge is 0.226 e. The van der Waals surface area contributed by atoms with Gasteiger partial charge in [0.15, 0.2) is 0 Å². The fraction of sp³-hybridized carbons (Fsp3) is 0.533. The Kier molecular flexibility index (Phi) is 5.35. The maximum absolute atomic E-state index is 12.1. The number of hydrogen-bond acceptors (Lipinski definition) is 2. The van der Waals surface area contributed by atoms with Gasteiger partial charge in [-0.3, -0.25) is 4.79 Å². The summed E-state index contributed by atoms with van der Waals surface area (Å²) < 4.78 is 0. The summed E-state index contributed by atoms with van der Waals surface area (Å²) in [6.45, 7) is 6.78. The molecule has 0 aliphatic heterocycles. The van der Waals surface area contributed by atoms with E-state index in [1.807, 2.05) is 27.8 Å². The molecule has 0 aliphatic carbocycles. The summed E-state index contributed by atoms with van der Waals surface area (Å²) in [5.74, 6) is 0.157. The Morgan fingerprint density at radius 3 is 2.67 bits per heavy atom. The molecule has 0 saturated carbocycles. The molecule has 1 aromatic rings. The number of rotatable bonds is 5. The molecule has 3 heteroatoms. The fourth-order valence-corrected chi connectivity index (χ4v) is 1.81. The maximum Gasteiger partial charge on any atom is 0.226 e. The van der Waals surface area contributed by atoms with E-state index in [1.165, 1.54) is 11.1 Å². The van der Waals surface area contributed by atoms with E-state index >= 15 is 0 Å². The van der Waals surface area contributed by atoms with Crippen LogP contribution in [0.4, 0.5) is 0 Å². The lowest BCUT2D eigenvalue weighted by Gasteiger charge is -2.19. The van der Waals surface area contributed by atoms with Gasteiger partial charge in [0, 0.05) is 19.6 Å². The van der Waals surface area contributed by atoms with Crippen molar-refractivity contribution in [1.82, 2.24) is 4.90 Å². The number of hydrogen-bond donors (Lipinski definition) is 1. The van der Waals surface area contributed by atoms with Crippen molar-refractivity contribution in [1.29, 1.82) is 0 Å². The highest BCUT2D eigenvalue weighted by atomic mass is 16.2. The Morgan fingerprint density at radius 2 is 2.06 bits per heavy atom. The van der Waals surface area contributed by atoms with Crippen LogP contribution in [0.5, 0.6) is 0 Å². The van der Waals surface area contributed by atoms with Crippen LogP contribution in [0.3, 0.4) is 0 Å². The predicted octanol–water partition coefficient (Wildman–Crippen LogP) is 2.04. The molecule has 0 saturated heterocycles. The molecule has 1 aromatic carbocycles. The second kappa shape index (κ2) is 6.55. The van der Waals surface area contributed by atoms with E-state index in [-0.39, 0.29) is 11.9 Å². The SMILES string of the molecule is Cc1ccc(C)c(CC(=O)N(C)CCC(C)N)c1. The maximum atomic E-state index is 12.1. The average molecular weight is 248 g/mol. The first kappa shape index (κ1) is 14.7. The van der Waals surface area contributed by atoms with Crippen molar-refractivity contribution in [3.8, 4) is 0 Å². The first-order valence-corrected chi connectivity index (χ1v) is 6.46. The zero-order chi connectivity index (χ0) is 13.7. The van der Waals surface area contributed by atoms with Gasteiger partial charge in [-0.1, -0.05) is 23.8 Å². The van der Waals surface area contributed by atoms with E-state index in [4.69, 9.17) is 5.73 Å². The number of amides is 1. The van der Waals surface area contributed by atoms with Crippen molar-refractivity contribution >= 4 is 5.91 Å². The third kappa shape index (κ3) is 4.49. The van der Waals surface area contributed by atoms with Crippen molar-refractivity contribution in [3.63, 3.8) is 0 Å². The van der Waals surface area contributed by atoms with Gasteiger partial charge in [0.2, 0.25) is 5.91 Å². The summed E-state index contributed by atoms with van der Waals surface area (Å²) in [6, 6.07) is 6.37. The molecule has 2 N–H and O–H groups in total. The van der Waals surface area contributed by atoms with Crippen LogP contribution in [-0.2, 0) is 11.2 Å². The molecule has 1 amide bonds. The zero-order valence-electron chi connectivity index (χ0n) is 11.9. The molecule has 1 unspecified atom stereocenters. The summed E-state index contributed by atoms with van der Waals surface area (Å²) in [5, 5.41) is 0. The number of aryl methyl sites for hydroxylation is 2. The van der Waals surface area contributed by atoms with Crippen molar-refractivity contribution < 1.29 is 4.79 Å². The van der Waals surface area contributed by atoms with Gasteiger partial charge < -0.3 is 10.6 Å². The molecule has 0 spiro atoms. The molecule has 0 bridgehead atoms. The Morgan fingerprint density at radius 1 is 1.39 bits per heavy atom. The van der Waals surface area contributed by atoms with E-state index in [0.29, 0.717) is 6.42 Å². The molecule has 0 aliphatic rings. The summed E-state index contributed by atoms with van der Waals surface area (Å²) in [6.07, 6.45) is 1.32. The van der Waals surface area contributed by atoms with Gasteiger partial charge in [-0.2, -0.15) is 0 Å². The molecule has 18 heavy (non-hydrogen) atoms. The highest BCUT2D eigenvalue weighted by Crippen LogP contribution is 2.12. The van der Waals surface area contributed by atoms with E-state index in [2.05, 4.69) is 18.2 Å². The van der Waals surface area contributed by atoms with E-state index < -0.39 is 0 Å².